The van der Waals surface area contributed by atoms with Crippen LogP contribution in [0.25, 0.3) is 0 Å². The highest BCUT2D eigenvalue weighted by Gasteiger charge is 2.36. The number of hydrogen-bond acceptors (Lipinski definition) is 3. The molecule has 1 aromatic heterocycles. The number of nitrogens with two attached hydrogens (primary N) is 1. The average molecular weight is 371 g/mol. The third-order valence-electron chi connectivity index (χ3n) is 4.52. The van der Waals surface area contributed by atoms with Gasteiger partial charge in [-0.3, -0.25) is 4.79 Å². The minimum absolute atomic E-state index is 0. The van der Waals surface area contributed by atoms with Crippen LogP contribution >= 0.6 is 24.8 Å². The monoisotopic (exact) mass is 370 g/mol. The molecule has 1 amide bonds. The second-order valence-corrected chi connectivity index (χ2v) is 6.10. The van der Waals surface area contributed by atoms with Crippen molar-refractivity contribution in [3.05, 3.63) is 54.6 Å². The molecule has 1 unspecified atom stereocenters. The lowest BCUT2D eigenvalue weighted by Gasteiger charge is -2.37. The summed E-state index contributed by atoms with van der Waals surface area (Å²) in [6, 6.07) is 10.0. The summed E-state index contributed by atoms with van der Waals surface area (Å²) in [4.78, 5) is 18.8. The predicted octanol–water partition coefficient (Wildman–Crippen LogP) is 2.76. The Bertz CT molecular complexity index is 623. The van der Waals surface area contributed by atoms with Crippen LogP contribution < -0.4 is 5.73 Å². The van der Waals surface area contributed by atoms with Crippen LogP contribution in [0.1, 0.15) is 31.4 Å². The lowest BCUT2D eigenvalue weighted by atomic mass is 9.90. The summed E-state index contributed by atoms with van der Waals surface area (Å²) >= 11 is 0. The van der Waals surface area contributed by atoms with Crippen molar-refractivity contribution in [3.63, 3.8) is 0 Å². The molecule has 1 atom stereocenters. The van der Waals surface area contributed by atoms with E-state index < -0.39 is 5.54 Å². The highest BCUT2D eigenvalue weighted by molar-refractivity contribution is 5.87. The van der Waals surface area contributed by atoms with E-state index in [2.05, 4.69) is 9.55 Å². The molecule has 0 saturated carbocycles. The maximum atomic E-state index is 12.8. The molecule has 2 heterocycles. The first-order chi connectivity index (χ1) is 10.6. The van der Waals surface area contributed by atoms with Gasteiger partial charge in [-0.05, 0) is 25.3 Å². The van der Waals surface area contributed by atoms with Gasteiger partial charge in [0.25, 0.3) is 0 Å². The summed E-state index contributed by atoms with van der Waals surface area (Å²) < 4.78 is 2.13. The van der Waals surface area contributed by atoms with E-state index in [1.165, 1.54) is 0 Å². The van der Waals surface area contributed by atoms with Gasteiger partial charge in [0.05, 0.1) is 6.33 Å². The minimum Gasteiger partial charge on any atom is -0.341 e. The molecule has 1 aliphatic rings. The summed E-state index contributed by atoms with van der Waals surface area (Å²) in [6.45, 7) is 3.27. The fourth-order valence-electron chi connectivity index (χ4n) is 3.09. The standard InChI is InChI=1S/C17H22N4O.2ClH/c1-17(18,14-5-3-2-4-6-14)16(22)20-10-7-15(8-11-20)21-12-9-19-13-21;;/h2-6,9,12-13,15H,7-8,10-11,18H2,1H3;2*1H. The molecule has 7 heteroatoms. The lowest BCUT2D eigenvalue weighted by Crippen LogP contribution is -2.53. The maximum absolute atomic E-state index is 12.8. The zero-order chi connectivity index (χ0) is 15.6. The molecule has 3 rings (SSSR count). The molecule has 1 fully saturated rings. The van der Waals surface area contributed by atoms with Gasteiger partial charge in [0.2, 0.25) is 5.91 Å². The number of imidazole rings is 1. The van der Waals surface area contributed by atoms with E-state index >= 15 is 0 Å². The first kappa shape index (κ1) is 20.5. The number of nitrogens with zero attached hydrogens (tertiary/aromatic N) is 3. The molecule has 0 aliphatic carbocycles. The molecular weight excluding hydrogens is 347 g/mol. The summed E-state index contributed by atoms with van der Waals surface area (Å²) in [6.07, 6.45) is 7.50. The smallest absolute Gasteiger partial charge is 0.246 e. The first-order valence-corrected chi connectivity index (χ1v) is 7.70. The van der Waals surface area contributed by atoms with E-state index in [0.29, 0.717) is 6.04 Å². The minimum atomic E-state index is -0.969. The number of carbonyl (C=O) groups excluding carboxylic acids is 1. The first-order valence-electron chi connectivity index (χ1n) is 7.70. The second kappa shape index (κ2) is 8.51. The number of benzene rings is 1. The van der Waals surface area contributed by atoms with Crippen LogP contribution in [0, 0.1) is 0 Å². The number of hydrogen-bond donors (Lipinski definition) is 1. The van der Waals surface area contributed by atoms with E-state index in [0.717, 1.165) is 31.5 Å². The van der Waals surface area contributed by atoms with Crippen LogP contribution in [0.5, 0.6) is 0 Å². The van der Waals surface area contributed by atoms with Gasteiger partial charge in [-0.25, -0.2) is 4.98 Å². The number of amides is 1. The highest BCUT2D eigenvalue weighted by Crippen LogP contribution is 2.26. The van der Waals surface area contributed by atoms with Gasteiger partial charge in [0, 0.05) is 31.5 Å². The van der Waals surface area contributed by atoms with Crippen molar-refractivity contribution in [1.82, 2.24) is 14.5 Å². The Kier molecular flexibility index (Phi) is 7.27. The largest absolute Gasteiger partial charge is 0.341 e. The highest BCUT2D eigenvalue weighted by atomic mass is 35.5. The molecule has 0 spiro atoms. The van der Waals surface area contributed by atoms with Crippen molar-refractivity contribution in [2.45, 2.75) is 31.3 Å². The Hall–Kier alpha value is -1.56. The molecule has 1 aliphatic heterocycles. The molecule has 1 aromatic carbocycles. The Morgan fingerprint density at radius 2 is 1.83 bits per heavy atom. The van der Waals surface area contributed by atoms with Crippen LogP contribution in [0.15, 0.2) is 49.1 Å². The Morgan fingerprint density at radius 1 is 1.21 bits per heavy atom. The molecule has 24 heavy (non-hydrogen) atoms. The van der Waals surface area contributed by atoms with E-state index in [1.54, 1.807) is 13.1 Å². The van der Waals surface area contributed by atoms with Crippen LogP contribution in [-0.4, -0.2) is 33.4 Å². The molecule has 2 N–H and O–H groups in total. The van der Waals surface area contributed by atoms with Gasteiger partial charge in [-0.15, -0.1) is 24.8 Å². The average Bonchev–Trinajstić information content (AvgIpc) is 3.09. The number of halogens is 2. The number of carbonyl (C=O) groups is 1. The normalized spacial score (nSPS) is 17.3. The molecular formula is C17H24Cl2N4O. The number of rotatable bonds is 3. The number of aromatic nitrogens is 2. The van der Waals surface area contributed by atoms with E-state index in [9.17, 15) is 4.79 Å². The van der Waals surface area contributed by atoms with Gasteiger partial charge in [0.15, 0.2) is 0 Å². The van der Waals surface area contributed by atoms with Crippen LogP contribution in [0.4, 0.5) is 0 Å². The third kappa shape index (κ3) is 4.09. The molecule has 132 valence electrons. The number of likely N-dealkylation sites (tertiary alicyclic amines) is 1. The van der Waals surface area contributed by atoms with E-state index in [1.807, 2.05) is 47.8 Å². The zero-order valence-corrected chi connectivity index (χ0v) is 15.3. The summed E-state index contributed by atoms with van der Waals surface area (Å²) in [5, 5.41) is 0. The Labute approximate surface area is 155 Å². The molecule has 0 bridgehead atoms. The third-order valence-corrected chi connectivity index (χ3v) is 4.52. The van der Waals surface area contributed by atoms with Gasteiger partial charge >= 0.3 is 0 Å². The van der Waals surface area contributed by atoms with Crippen molar-refractivity contribution >= 4 is 30.7 Å². The summed E-state index contributed by atoms with van der Waals surface area (Å²) in [5.74, 6) is 0.00258. The maximum Gasteiger partial charge on any atom is 0.246 e. The summed E-state index contributed by atoms with van der Waals surface area (Å²) in [5.41, 5.74) is 6.22. The molecule has 2 aromatic rings. The number of piperidine rings is 1. The van der Waals surface area contributed by atoms with Gasteiger partial charge in [-0.2, -0.15) is 0 Å². The Morgan fingerprint density at radius 3 is 2.38 bits per heavy atom. The van der Waals surface area contributed by atoms with Gasteiger partial charge in [0.1, 0.15) is 5.54 Å². The van der Waals surface area contributed by atoms with Crippen LogP contribution in [0.2, 0.25) is 0 Å². The lowest BCUT2D eigenvalue weighted by molar-refractivity contribution is -0.138. The zero-order valence-electron chi connectivity index (χ0n) is 13.7. The van der Waals surface area contributed by atoms with Gasteiger partial charge in [-0.1, -0.05) is 30.3 Å². The quantitative estimate of drug-likeness (QED) is 0.903. The molecule has 0 radical (unpaired) electrons. The molecule has 5 nitrogen and oxygen atoms in total. The van der Waals surface area contributed by atoms with E-state index in [4.69, 9.17) is 5.73 Å². The van der Waals surface area contributed by atoms with Crippen molar-refractivity contribution in [2.24, 2.45) is 5.73 Å². The van der Waals surface area contributed by atoms with Gasteiger partial charge < -0.3 is 15.2 Å². The van der Waals surface area contributed by atoms with Crippen molar-refractivity contribution in [2.75, 3.05) is 13.1 Å². The fraction of sp³-hybridized carbons (Fsp3) is 0.412. The SMILES string of the molecule is CC(N)(C(=O)N1CCC(n2ccnc2)CC1)c1ccccc1.Cl.Cl. The van der Waals surface area contributed by atoms with Crippen LogP contribution in [0.3, 0.4) is 0 Å². The van der Waals surface area contributed by atoms with Crippen molar-refractivity contribution < 1.29 is 4.79 Å². The Balaban J connectivity index is 0.00000144. The van der Waals surface area contributed by atoms with E-state index in [-0.39, 0.29) is 30.7 Å². The van der Waals surface area contributed by atoms with Crippen LogP contribution in [-0.2, 0) is 10.3 Å². The van der Waals surface area contributed by atoms with Crippen molar-refractivity contribution in [3.8, 4) is 0 Å². The predicted molar refractivity (Wildman–Crippen MR) is 99.6 cm³/mol. The fourth-order valence-corrected chi connectivity index (χ4v) is 3.09. The topological polar surface area (TPSA) is 64.2 Å². The molecule has 1 saturated heterocycles. The van der Waals surface area contributed by atoms with Crippen molar-refractivity contribution in [1.29, 1.82) is 0 Å². The second-order valence-electron chi connectivity index (χ2n) is 6.10. The summed E-state index contributed by atoms with van der Waals surface area (Å²) in [7, 11) is 0.